The van der Waals surface area contributed by atoms with Gasteiger partial charge in [0.1, 0.15) is 6.33 Å². The van der Waals surface area contributed by atoms with Gasteiger partial charge in [0.05, 0.1) is 34.6 Å². The summed E-state index contributed by atoms with van der Waals surface area (Å²) in [7, 11) is -3.25. The van der Waals surface area contributed by atoms with E-state index in [1.54, 1.807) is 13.8 Å². The Morgan fingerprint density at radius 2 is 2.00 bits per heavy atom. The van der Waals surface area contributed by atoms with E-state index in [9.17, 15) is 4.57 Å². The molecule has 164 valence electrons. The molecule has 1 aromatic carbocycles. The number of halogens is 1. The van der Waals surface area contributed by atoms with Crippen LogP contribution in [0.4, 0.5) is 5.82 Å². The molecule has 0 aliphatic heterocycles. The number of thiazole rings is 1. The second-order valence-electron chi connectivity index (χ2n) is 6.32. The molecule has 31 heavy (non-hydrogen) atoms. The summed E-state index contributed by atoms with van der Waals surface area (Å²) in [5.41, 5.74) is 7.87. The van der Waals surface area contributed by atoms with Crippen molar-refractivity contribution in [1.29, 1.82) is 0 Å². The standard InChI is InChI=1S/C18H20ClN6O3PS2/c1-3-27-29(26,28-4-2)9-8-25-16-13(15(20)21-10-22-16)24-17(25)31-18-23-12-7-5-6-11(19)14(12)30-18/h5-7,10H,3-4,8-9H2,1-2H3,(H2,20,21,22). The van der Waals surface area contributed by atoms with Gasteiger partial charge in [-0.2, -0.15) is 0 Å². The molecule has 0 amide bonds. The van der Waals surface area contributed by atoms with Gasteiger partial charge in [-0.25, -0.2) is 19.9 Å². The third-order valence-electron chi connectivity index (χ3n) is 4.30. The molecular formula is C18H20ClN6O3PS2. The number of fused-ring (bicyclic) bond motifs is 2. The second kappa shape index (κ2) is 9.40. The zero-order valence-electron chi connectivity index (χ0n) is 16.8. The van der Waals surface area contributed by atoms with Crippen LogP contribution in [-0.4, -0.2) is 43.9 Å². The highest BCUT2D eigenvalue weighted by Crippen LogP contribution is 2.48. The maximum Gasteiger partial charge on any atom is 0.332 e. The van der Waals surface area contributed by atoms with Crippen LogP contribution in [0.5, 0.6) is 0 Å². The maximum absolute atomic E-state index is 13.0. The minimum atomic E-state index is -3.25. The Bertz CT molecular complexity index is 1270. The van der Waals surface area contributed by atoms with Crippen LogP contribution in [0.3, 0.4) is 0 Å². The predicted molar refractivity (Wildman–Crippen MR) is 124 cm³/mol. The van der Waals surface area contributed by atoms with Gasteiger partial charge < -0.3 is 19.3 Å². The van der Waals surface area contributed by atoms with Crippen LogP contribution in [0.1, 0.15) is 13.8 Å². The fourth-order valence-electron chi connectivity index (χ4n) is 3.01. The van der Waals surface area contributed by atoms with Gasteiger partial charge >= 0.3 is 7.60 Å². The first kappa shape index (κ1) is 22.4. The van der Waals surface area contributed by atoms with Crippen LogP contribution < -0.4 is 5.73 Å². The van der Waals surface area contributed by atoms with E-state index < -0.39 is 7.60 Å². The molecule has 3 aromatic heterocycles. The van der Waals surface area contributed by atoms with Crippen LogP contribution in [0.15, 0.2) is 34.0 Å². The monoisotopic (exact) mass is 498 g/mol. The van der Waals surface area contributed by atoms with Crippen molar-refractivity contribution in [1.82, 2.24) is 24.5 Å². The Balaban J connectivity index is 1.71. The Morgan fingerprint density at radius 3 is 2.71 bits per heavy atom. The molecular weight excluding hydrogens is 479 g/mol. The average molecular weight is 499 g/mol. The fraction of sp³-hybridized carbons (Fsp3) is 0.333. The molecule has 0 spiro atoms. The lowest BCUT2D eigenvalue weighted by Crippen LogP contribution is -2.09. The first-order valence-corrected chi connectivity index (χ1v) is 13.3. The van der Waals surface area contributed by atoms with Gasteiger partial charge in [-0.15, -0.1) is 11.3 Å². The SMILES string of the molecule is CCOP(=O)(CCn1c(Sc2nc3cccc(Cl)c3s2)nc2c(N)ncnc21)OCC. The maximum atomic E-state index is 13.0. The van der Waals surface area contributed by atoms with E-state index in [0.717, 1.165) is 14.6 Å². The molecule has 0 aliphatic rings. The van der Waals surface area contributed by atoms with E-state index in [0.29, 0.717) is 41.1 Å². The van der Waals surface area contributed by atoms with E-state index in [1.807, 2.05) is 22.8 Å². The Kier molecular flexibility index (Phi) is 6.80. The Labute approximate surface area is 191 Å². The van der Waals surface area contributed by atoms with Gasteiger partial charge in [0.15, 0.2) is 26.5 Å². The highest BCUT2D eigenvalue weighted by molar-refractivity contribution is 8.01. The number of imidazole rings is 1. The molecule has 0 bridgehead atoms. The summed E-state index contributed by atoms with van der Waals surface area (Å²) in [4.78, 5) is 17.6. The number of benzene rings is 1. The second-order valence-corrected chi connectivity index (χ2v) is 11.1. The molecule has 0 saturated carbocycles. The Hall–Kier alpha value is -1.75. The number of aryl methyl sites for hydroxylation is 1. The molecule has 13 heteroatoms. The zero-order valence-corrected chi connectivity index (χ0v) is 20.1. The van der Waals surface area contributed by atoms with Crippen molar-refractivity contribution < 1.29 is 13.6 Å². The minimum absolute atomic E-state index is 0.170. The molecule has 4 aromatic rings. The largest absolute Gasteiger partial charge is 0.382 e. The van der Waals surface area contributed by atoms with Crippen molar-refractivity contribution >= 4 is 69.5 Å². The average Bonchev–Trinajstić information content (AvgIpc) is 3.30. The van der Waals surface area contributed by atoms with Gasteiger partial charge in [0.25, 0.3) is 0 Å². The van der Waals surface area contributed by atoms with E-state index in [1.165, 1.54) is 29.4 Å². The number of aromatic nitrogens is 5. The van der Waals surface area contributed by atoms with Crippen molar-refractivity contribution in [2.75, 3.05) is 25.1 Å². The number of anilines is 1. The van der Waals surface area contributed by atoms with Crippen LogP contribution in [0, 0.1) is 0 Å². The number of nitrogen functional groups attached to an aromatic ring is 1. The van der Waals surface area contributed by atoms with Crippen molar-refractivity contribution in [3.8, 4) is 0 Å². The van der Waals surface area contributed by atoms with Crippen LogP contribution in [-0.2, 0) is 20.2 Å². The van der Waals surface area contributed by atoms with Crippen molar-refractivity contribution in [2.45, 2.75) is 29.9 Å². The highest BCUT2D eigenvalue weighted by Gasteiger charge is 2.26. The van der Waals surface area contributed by atoms with Gasteiger partial charge in [-0.1, -0.05) is 17.7 Å². The Morgan fingerprint density at radius 1 is 1.23 bits per heavy atom. The summed E-state index contributed by atoms with van der Waals surface area (Å²) >= 11 is 9.14. The third kappa shape index (κ3) is 4.72. The molecule has 9 nitrogen and oxygen atoms in total. The summed E-state index contributed by atoms with van der Waals surface area (Å²) in [6, 6.07) is 5.61. The zero-order chi connectivity index (χ0) is 22.0. The van der Waals surface area contributed by atoms with Gasteiger partial charge in [-0.3, -0.25) is 4.57 Å². The molecule has 2 N–H and O–H groups in total. The third-order valence-corrected chi connectivity index (χ3v) is 8.94. The number of hydrogen-bond acceptors (Lipinski definition) is 10. The molecule has 4 rings (SSSR count). The summed E-state index contributed by atoms with van der Waals surface area (Å²) in [6.07, 6.45) is 1.55. The number of hydrogen-bond donors (Lipinski definition) is 1. The summed E-state index contributed by atoms with van der Waals surface area (Å²) in [6.45, 7) is 4.48. The van der Waals surface area contributed by atoms with Crippen molar-refractivity contribution in [2.24, 2.45) is 0 Å². The van der Waals surface area contributed by atoms with E-state index >= 15 is 0 Å². The topological polar surface area (TPSA) is 118 Å². The van der Waals surface area contributed by atoms with Gasteiger partial charge in [0, 0.05) is 6.54 Å². The normalized spacial score (nSPS) is 12.2. The molecule has 0 atom stereocenters. The van der Waals surface area contributed by atoms with E-state index in [2.05, 4.69) is 19.9 Å². The highest BCUT2D eigenvalue weighted by atomic mass is 35.5. The van der Waals surface area contributed by atoms with Crippen LogP contribution in [0.25, 0.3) is 21.4 Å². The number of nitrogens with zero attached hydrogens (tertiary/aromatic N) is 5. The fourth-order valence-corrected chi connectivity index (χ4v) is 6.93. The van der Waals surface area contributed by atoms with Crippen LogP contribution >= 0.6 is 42.3 Å². The quantitative estimate of drug-likeness (QED) is 0.315. The summed E-state index contributed by atoms with van der Waals surface area (Å²) in [5, 5.41) is 1.26. The van der Waals surface area contributed by atoms with E-state index in [4.69, 9.17) is 26.4 Å². The minimum Gasteiger partial charge on any atom is -0.382 e. The predicted octanol–water partition coefficient (Wildman–Crippen LogP) is 5.09. The first-order chi connectivity index (χ1) is 14.9. The summed E-state index contributed by atoms with van der Waals surface area (Å²) in [5.74, 6) is 0.274. The van der Waals surface area contributed by atoms with Crippen molar-refractivity contribution in [3.63, 3.8) is 0 Å². The van der Waals surface area contributed by atoms with Crippen LogP contribution in [0.2, 0.25) is 5.02 Å². The molecule has 0 unspecified atom stereocenters. The van der Waals surface area contributed by atoms with Gasteiger partial charge in [0.2, 0.25) is 0 Å². The molecule has 0 aliphatic carbocycles. The lowest BCUT2D eigenvalue weighted by molar-refractivity contribution is 0.219. The number of rotatable bonds is 9. The van der Waals surface area contributed by atoms with Gasteiger partial charge in [-0.05, 0) is 37.7 Å². The lowest BCUT2D eigenvalue weighted by Gasteiger charge is -2.17. The smallest absolute Gasteiger partial charge is 0.332 e. The molecule has 0 saturated heterocycles. The van der Waals surface area contributed by atoms with Crippen molar-refractivity contribution in [3.05, 3.63) is 29.5 Å². The summed E-state index contributed by atoms with van der Waals surface area (Å²) < 4.78 is 27.3. The molecule has 3 heterocycles. The molecule has 0 radical (unpaired) electrons. The van der Waals surface area contributed by atoms with E-state index in [-0.39, 0.29) is 12.0 Å². The number of nitrogens with two attached hydrogens (primary N) is 1. The lowest BCUT2D eigenvalue weighted by atomic mass is 10.3. The molecule has 0 fully saturated rings. The first-order valence-electron chi connectivity index (χ1n) is 9.52.